The maximum atomic E-state index is 13.4. The Hall–Kier alpha value is -3.10. The minimum Gasteiger partial charge on any atom is -0.340 e. The van der Waals surface area contributed by atoms with Gasteiger partial charge in [0.25, 0.3) is 0 Å². The third kappa shape index (κ3) is 3.71. The summed E-state index contributed by atoms with van der Waals surface area (Å²) < 4.78 is 3.49. The number of carbonyl (C=O) groups is 1. The molecule has 27 heavy (non-hydrogen) atoms. The third-order valence-corrected chi connectivity index (χ3v) is 5.09. The van der Waals surface area contributed by atoms with E-state index < -0.39 is 6.04 Å². The highest BCUT2D eigenvalue weighted by Gasteiger charge is 2.32. The molecule has 1 aliphatic rings. The van der Waals surface area contributed by atoms with E-state index in [2.05, 4.69) is 25.7 Å². The van der Waals surface area contributed by atoms with E-state index in [1.807, 2.05) is 46.8 Å². The highest BCUT2D eigenvalue weighted by atomic mass is 16.2. The van der Waals surface area contributed by atoms with Gasteiger partial charge in [0.05, 0.1) is 0 Å². The van der Waals surface area contributed by atoms with Gasteiger partial charge < -0.3 is 9.47 Å². The molecule has 1 aliphatic heterocycles. The number of aryl methyl sites for hydroxylation is 1. The monoisotopic (exact) mass is 366 g/mol. The highest BCUT2D eigenvalue weighted by molar-refractivity contribution is 5.80. The van der Waals surface area contributed by atoms with E-state index in [-0.39, 0.29) is 11.8 Å². The summed E-state index contributed by atoms with van der Waals surface area (Å²) in [5.41, 5.74) is 1.08. The largest absolute Gasteiger partial charge is 0.340 e. The number of nitrogens with zero attached hydrogens (tertiary/aromatic N) is 8. The van der Waals surface area contributed by atoms with Crippen LogP contribution in [0.15, 0.2) is 43.0 Å². The van der Waals surface area contributed by atoms with Crippen LogP contribution in [0, 0.1) is 0 Å². The van der Waals surface area contributed by atoms with Crippen molar-refractivity contribution in [1.29, 1.82) is 0 Å². The van der Waals surface area contributed by atoms with E-state index in [1.54, 1.807) is 11.0 Å². The molecule has 0 saturated carbocycles. The molecule has 1 amide bonds. The molecule has 0 aliphatic carbocycles. The number of piperidine rings is 1. The Morgan fingerprint density at radius 1 is 1.22 bits per heavy atom. The molecule has 4 rings (SSSR count). The summed E-state index contributed by atoms with van der Waals surface area (Å²) in [5, 5.41) is 19.6. The SMILES string of the molecule is Cn1cnnc1[C@@H]1CCCN(C(=O)[C@@H](Cc2ccccc2)n2cnnn2)C1. The molecular weight excluding hydrogens is 344 g/mol. The van der Waals surface area contributed by atoms with E-state index in [9.17, 15) is 4.79 Å². The quantitative estimate of drug-likeness (QED) is 0.668. The Morgan fingerprint density at radius 2 is 2.07 bits per heavy atom. The Kier molecular flexibility index (Phi) is 4.91. The maximum Gasteiger partial charge on any atom is 0.247 e. The fourth-order valence-electron chi connectivity index (χ4n) is 3.70. The van der Waals surface area contributed by atoms with Crippen LogP contribution in [0.4, 0.5) is 0 Å². The molecule has 0 bridgehead atoms. The maximum absolute atomic E-state index is 13.4. The number of hydrogen-bond donors (Lipinski definition) is 0. The van der Waals surface area contributed by atoms with Crippen LogP contribution in [0.1, 0.15) is 36.2 Å². The van der Waals surface area contributed by atoms with Gasteiger partial charge in [-0.3, -0.25) is 4.79 Å². The van der Waals surface area contributed by atoms with Gasteiger partial charge in [-0.1, -0.05) is 30.3 Å². The molecule has 0 radical (unpaired) electrons. The number of hydrogen-bond acceptors (Lipinski definition) is 6. The predicted molar refractivity (Wildman–Crippen MR) is 96.6 cm³/mol. The normalized spacial score (nSPS) is 18.4. The molecule has 2 atom stereocenters. The van der Waals surface area contributed by atoms with Crippen molar-refractivity contribution in [3.8, 4) is 0 Å². The Morgan fingerprint density at radius 3 is 2.78 bits per heavy atom. The van der Waals surface area contributed by atoms with Gasteiger partial charge in [0.1, 0.15) is 24.5 Å². The van der Waals surface area contributed by atoms with Gasteiger partial charge in [-0.2, -0.15) is 0 Å². The van der Waals surface area contributed by atoms with Gasteiger partial charge >= 0.3 is 0 Å². The number of carbonyl (C=O) groups excluding carboxylic acids is 1. The smallest absolute Gasteiger partial charge is 0.247 e. The first-order valence-corrected chi connectivity index (χ1v) is 9.11. The molecule has 9 heteroatoms. The van der Waals surface area contributed by atoms with E-state index >= 15 is 0 Å². The number of aromatic nitrogens is 7. The van der Waals surface area contributed by atoms with Gasteiger partial charge in [-0.05, 0) is 28.8 Å². The second kappa shape index (κ2) is 7.65. The second-order valence-electron chi connectivity index (χ2n) is 6.92. The number of benzene rings is 1. The molecule has 1 aromatic carbocycles. The Balaban J connectivity index is 1.55. The number of likely N-dealkylation sites (tertiary alicyclic amines) is 1. The standard InChI is InChI=1S/C18H22N8O/c1-24-12-19-21-17(24)15-8-5-9-25(11-15)18(27)16(26-13-20-22-23-26)10-14-6-3-2-4-7-14/h2-4,6-7,12-13,15-16H,5,8-11H2,1H3/t15-,16-/m1/s1. The van der Waals surface area contributed by atoms with E-state index in [0.717, 1.165) is 30.8 Å². The number of rotatable bonds is 5. The second-order valence-corrected chi connectivity index (χ2v) is 6.92. The van der Waals surface area contributed by atoms with Crippen LogP contribution in [0.5, 0.6) is 0 Å². The molecule has 3 heterocycles. The van der Waals surface area contributed by atoms with Crippen molar-refractivity contribution in [2.45, 2.75) is 31.2 Å². The lowest BCUT2D eigenvalue weighted by Crippen LogP contribution is -2.44. The lowest BCUT2D eigenvalue weighted by atomic mass is 9.95. The lowest BCUT2D eigenvalue weighted by Gasteiger charge is -2.34. The van der Waals surface area contributed by atoms with E-state index in [1.165, 1.54) is 6.33 Å². The average molecular weight is 366 g/mol. The summed E-state index contributed by atoms with van der Waals surface area (Å²) in [6.45, 7) is 1.37. The first kappa shape index (κ1) is 17.3. The average Bonchev–Trinajstić information content (AvgIpc) is 3.38. The van der Waals surface area contributed by atoms with Gasteiger partial charge in [0, 0.05) is 32.5 Å². The molecule has 140 valence electrons. The van der Waals surface area contributed by atoms with Crippen molar-refractivity contribution in [1.82, 2.24) is 39.9 Å². The number of tetrazole rings is 1. The van der Waals surface area contributed by atoms with Crippen LogP contribution < -0.4 is 0 Å². The Bertz CT molecular complexity index is 876. The summed E-state index contributed by atoms with van der Waals surface area (Å²) in [4.78, 5) is 15.3. The zero-order valence-corrected chi connectivity index (χ0v) is 15.2. The highest BCUT2D eigenvalue weighted by Crippen LogP contribution is 2.27. The summed E-state index contributed by atoms with van der Waals surface area (Å²) >= 11 is 0. The first-order valence-electron chi connectivity index (χ1n) is 9.11. The first-order chi connectivity index (χ1) is 13.2. The fourth-order valence-corrected chi connectivity index (χ4v) is 3.70. The van der Waals surface area contributed by atoms with Crippen LogP contribution in [0.2, 0.25) is 0 Å². The minimum atomic E-state index is -0.458. The van der Waals surface area contributed by atoms with Gasteiger partial charge in [-0.25, -0.2) is 4.68 Å². The van der Waals surface area contributed by atoms with E-state index in [0.29, 0.717) is 13.0 Å². The molecule has 1 saturated heterocycles. The molecule has 1 fully saturated rings. The Labute approximate surface area is 157 Å². The zero-order chi connectivity index (χ0) is 18.6. The summed E-state index contributed by atoms with van der Waals surface area (Å²) in [5.74, 6) is 1.16. The van der Waals surface area contributed by atoms with Gasteiger partial charge in [-0.15, -0.1) is 15.3 Å². The van der Waals surface area contributed by atoms with Crippen LogP contribution in [-0.4, -0.2) is 58.9 Å². The number of amides is 1. The molecule has 0 spiro atoms. The summed E-state index contributed by atoms with van der Waals surface area (Å²) in [6, 6.07) is 9.49. The minimum absolute atomic E-state index is 0.0398. The summed E-state index contributed by atoms with van der Waals surface area (Å²) in [7, 11) is 1.94. The van der Waals surface area contributed by atoms with Crippen molar-refractivity contribution < 1.29 is 4.79 Å². The van der Waals surface area contributed by atoms with Crippen molar-refractivity contribution in [3.05, 3.63) is 54.4 Å². The summed E-state index contributed by atoms with van der Waals surface area (Å²) in [6.07, 6.45) is 5.71. The van der Waals surface area contributed by atoms with Gasteiger partial charge in [0.2, 0.25) is 5.91 Å². The van der Waals surface area contributed by atoms with Gasteiger partial charge in [0.15, 0.2) is 0 Å². The molecule has 0 N–H and O–H groups in total. The van der Waals surface area contributed by atoms with Crippen LogP contribution in [-0.2, 0) is 18.3 Å². The molecule has 3 aromatic rings. The lowest BCUT2D eigenvalue weighted by molar-refractivity contribution is -0.136. The molecule has 2 aromatic heterocycles. The van der Waals surface area contributed by atoms with Crippen LogP contribution in [0.25, 0.3) is 0 Å². The molecular formula is C18H22N8O. The zero-order valence-electron chi connectivity index (χ0n) is 15.2. The molecule has 0 unspecified atom stereocenters. The van der Waals surface area contributed by atoms with Crippen LogP contribution in [0.3, 0.4) is 0 Å². The third-order valence-electron chi connectivity index (χ3n) is 5.09. The molecule has 9 nitrogen and oxygen atoms in total. The van der Waals surface area contributed by atoms with Crippen molar-refractivity contribution in [3.63, 3.8) is 0 Å². The van der Waals surface area contributed by atoms with Crippen molar-refractivity contribution in [2.24, 2.45) is 7.05 Å². The van der Waals surface area contributed by atoms with E-state index in [4.69, 9.17) is 0 Å². The van der Waals surface area contributed by atoms with Crippen molar-refractivity contribution >= 4 is 5.91 Å². The van der Waals surface area contributed by atoms with Crippen molar-refractivity contribution in [2.75, 3.05) is 13.1 Å². The fraction of sp³-hybridized carbons (Fsp3) is 0.444. The predicted octanol–water partition coefficient (Wildman–Crippen LogP) is 0.992. The topological polar surface area (TPSA) is 94.6 Å². The van der Waals surface area contributed by atoms with Crippen LogP contribution >= 0.6 is 0 Å².